The van der Waals surface area contributed by atoms with Crippen LogP contribution in [-0.2, 0) is 0 Å². The molecule has 138 valence electrons. The second kappa shape index (κ2) is 9.14. The van der Waals surface area contributed by atoms with Gasteiger partial charge in [0.25, 0.3) is 11.8 Å². The maximum atomic E-state index is 12.5. The number of nitrogens with zero attached hydrogens (tertiary/aromatic N) is 2. The van der Waals surface area contributed by atoms with Crippen molar-refractivity contribution in [1.29, 1.82) is 0 Å². The van der Waals surface area contributed by atoms with E-state index in [0.717, 1.165) is 10.2 Å². The van der Waals surface area contributed by atoms with Crippen LogP contribution in [0.4, 0.5) is 0 Å². The highest BCUT2D eigenvalue weighted by atomic mass is 79.9. The zero-order valence-corrected chi connectivity index (χ0v) is 16.1. The van der Waals surface area contributed by atoms with E-state index in [-0.39, 0.29) is 11.8 Å². The summed E-state index contributed by atoms with van der Waals surface area (Å²) in [4.78, 5) is 24.5. The van der Waals surface area contributed by atoms with Gasteiger partial charge in [-0.15, -0.1) is 0 Å². The molecule has 0 fully saturated rings. The molecule has 0 atom stereocenters. The summed E-state index contributed by atoms with van der Waals surface area (Å²) in [5.74, 6) is -0.293. The predicted octanol–water partition coefficient (Wildman–Crippen LogP) is 3.18. The zero-order valence-electron chi connectivity index (χ0n) is 14.6. The van der Waals surface area contributed by atoms with Crippen molar-refractivity contribution in [2.24, 2.45) is 0 Å². The Labute approximate surface area is 165 Å². The average Bonchev–Trinajstić information content (AvgIpc) is 3.22. The molecule has 0 saturated heterocycles. The van der Waals surface area contributed by atoms with Crippen LogP contribution in [0.3, 0.4) is 0 Å². The molecular formula is C20H19BrN4O2. The first-order valence-corrected chi connectivity index (χ1v) is 9.35. The molecule has 3 aromatic rings. The topological polar surface area (TPSA) is 76.0 Å². The number of hydrogen-bond donors (Lipinski definition) is 2. The molecule has 1 aromatic heterocycles. The number of carbonyl (C=O) groups excluding carboxylic acids is 2. The molecule has 2 aromatic carbocycles. The highest BCUT2D eigenvalue weighted by molar-refractivity contribution is 9.10. The molecule has 2 N–H and O–H groups in total. The Balaban J connectivity index is 1.47. The van der Waals surface area contributed by atoms with Gasteiger partial charge in [-0.3, -0.25) is 9.59 Å². The molecule has 0 aliphatic rings. The molecule has 0 unspecified atom stereocenters. The summed E-state index contributed by atoms with van der Waals surface area (Å²) in [6, 6.07) is 16.3. The Morgan fingerprint density at radius 1 is 0.926 bits per heavy atom. The van der Waals surface area contributed by atoms with Crippen LogP contribution in [0.25, 0.3) is 5.69 Å². The Bertz CT molecular complexity index is 908. The van der Waals surface area contributed by atoms with Gasteiger partial charge in [0, 0.05) is 35.5 Å². The number of halogens is 1. The van der Waals surface area contributed by atoms with Crippen molar-refractivity contribution in [1.82, 2.24) is 20.4 Å². The van der Waals surface area contributed by atoms with Gasteiger partial charge in [0.1, 0.15) is 0 Å². The summed E-state index contributed by atoms with van der Waals surface area (Å²) in [6.45, 7) is 0.947. The van der Waals surface area contributed by atoms with E-state index >= 15 is 0 Å². The summed E-state index contributed by atoms with van der Waals surface area (Å²) in [7, 11) is 0. The van der Waals surface area contributed by atoms with Crippen molar-refractivity contribution < 1.29 is 9.59 Å². The van der Waals surface area contributed by atoms with Crippen molar-refractivity contribution in [3.8, 4) is 5.69 Å². The lowest BCUT2D eigenvalue weighted by Crippen LogP contribution is -2.30. The van der Waals surface area contributed by atoms with Crippen LogP contribution in [0.5, 0.6) is 0 Å². The third kappa shape index (κ3) is 5.04. The zero-order chi connectivity index (χ0) is 19.1. The third-order valence-electron chi connectivity index (χ3n) is 3.93. The number of hydrogen-bond acceptors (Lipinski definition) is 3. The van der Waals surface area contributed by atoms with Crippen LogP contribution in [0.15, 0.2) is 71.5 Å². The van der Waals surface area contributed by atoms with Gasteiger partial charge < -0.3 is 10.6 Å². The van der Waals surface area contributed by atoms with Gasteiger partial charge >= 0.3 is 0 Å². The fourth-order valence-corrected chi connectivity index (χ4v) is 2.83. The molecule has 0 spiro atoms. The number of carbonyl (C=O) groups is 2. The van der Waals surface area contributed by atoms with Crippen molar-refractivity contribution in [3.05, 3.63) is 82.6 Å². The second-order valence-corrected chi connectivity index (χ2v) is 6.76. The molecular weight excluding hydrogens is 408 g/mol. The first kappa shape index (κ1) is 18.8. The van der Waals surface area contributed by atoms with Crippen molar-refractivity contribution in [3.63, 3.8) is 0 Å². The van der Waals surface area contributed by atoms with E-state index in [0.29, 0.717) is 30.6 Å². The maximum absolute atomic E-state index is 12.5. The minimum absolute atomic E-state index is 0.127. The summed E-state index contributed by atoms with van der Waals surface area (Å²) in [6.07, 6.45) is 4.10. The predicted molar refractivity (Wildman–Crippen MR) is 107 cm³/mol. The lowest BCUT2D eigenvalue weighted by atomic mass is 10.1. The standard InChI is InChI=1S/C20H19BrN4O2/c21-16-9-7-15(8-10-16)19(26)22-11-3-12-23-20(27)17-5-1-2-6-18(17)25-14-4-13-24-25/h1-2,4-10,13-14H,3,11-12H2,(H,22,26)(H,23,27). The third-order valence-corrected chi connectivity index (χ3v) is 4.46. The van der Waals surface area contributed by atoms with E-state index in [1.54, 1.807) is 35.3 Å². The largest absolute Gasteiger partial charge is 0.352 e. The summed E-state index contributed by atoms with van der Waals surface area (Å²) in [5, 5.41) is 9.91. The highest BCUT2D eigenvalue weighted by Crippen LogP contribution is 2.13. The number of nitrogens with one attached hydrogen (secondary N) is 2. The quantitative estimate of drug-likeness (QED) is 0.569. The van der Waals surface area contributed by atoms with Crippen LogP contribution < -0.4 is 10.6 Å². The minimum Gasteiger partial charge on any atom is -0.352 e. The van der Waals surface area contributed by atoms with E-state index < -0.39 is 0 Å². The Kier molecular flexibility index (Phi) is 6.38. The fourth-order valence-electron chi connectivity index (χ4n) is 2.57. The fraction of sp³-hybridized carbons (Fsp3) is 0.150. The van der Waals surface area contributed by atoms with Crippen LogP contribution in [0, 0.1) is 0 Å². The number of rotatable bonds is 7. The Morgan fingerprint density at radius 3 is 2.33 bits per heavy atom. The Hall–Kier alpha value is -2.93. The molecule has 0 radical (unpaired) electrons. The van der Waals surface area contributed by atoms with Gasteiger partial charge in [0.2, 0.25) is 0 Å². The molecule has 27 heavy (non-hydrogen) atoms. The molecule has 3 rings (SSSR count). The van der Waals surface area contributed by atoms with Crippen molar-refractivity contribution >= 4 is 27.7 Å². The monoisotopic (exact) mass is 426 g/mol. The smallest absolute Gasteiger partial charge is 0.253 e. The van der Waals surface area contributed by atoms with Crippen LogP contribution in [0.2, 0.25) is 0 Å². The van der Waals surface area contributed by atoms with E-state index in [1.165, 1.54) is 0 Å². The molecule has 0 saturated carbocycles. The van der Waals surface area contributed by atoms with Crippen LogP contribution >= 0.6 is 15.9 Å². The Morgan fingerprint density at radius 2 is 1.63 bits per heavy atom. The van der Waals surface area contributed by atoms with Crippen molar-refractivity contribution in [2.45, 2.75) is 6.42 Å². The molecule has 6 nitrogen and oxygen atoms in total. The van der Waals surface area contributed by atoms with E-state index in [9.17, 15) is 9.59 Å². The molecule has 1 heterocycles. The molecule has 0 aliphatic carbocycles. The number of amides is 2. The van der Waals surface area contributed by atoms with E-state index in [1.807, 2.05) is 36.4 Å². The van der Waals surface area contributed by atoms with E-state index in [4.69, 9.17) is 0 Å². The molecule has 0 aliphatic heterocycles. The van der Waals surface area contributed by atoms with Crippen LogP contribution in [-0.4, -0.2) is 34.7 Å². The highest BCUT2D eigenvalue weighted by Gasteiger charge is 2.12. The lowest BCUT2D eigenvalue weighted by molar-refractivity contribution is 0.0951. The van der Waals surface area contributed by atoms with Gasteiger partial charge in [-0.1, -0.05) is 28.1 Å². The number of aromatic nitrogens is 2. The number of benzene rings is 2. The summed E-state index contributed by atoms with van der Waals surface area (Å²) < 4.78 is 2.59. The first-order valence-electron chi connectivity index (χ1n) is 8.56. The van der Waals surface area contributed by atoms with Gasteiger partial charge in [0.05, 0.1) is 11.3 Å². The molecule has 0 bridgehead atoms. The molecule has 7 heteroatoms. The minimum atomic E-state index is -0.166. The van der Waals surface area contributed by atoms with Gasteiger partial charge in [-0.2, -0.15) is 5.10 Å². The normalized spacial score (nSPS) is 10.4. The SMILES string of the molecule is O=C(NCCCNC(=O)c1ccccc1-n1cccn1)c1ccc(Br)cc1. The average molecular weight is 427 g/mol. The van der Waals surface area contributed by atoms with Crippen molar-refractivity contribution in [2.75, 3.05) is 13.1 Å². The summed E-state index contributed by atoms with van der Waals surface area (Å²) >= 11 is 3.34. The first-order chi connectivity index (χ1) is 13.1. The van der Waals surface area contributed by atoms with Crippen LogP contribution in [0.1, 0.15) is 27.1 Å². The number of para-hydroxylation sites is 1. The second-order valence-electron chi connectivity index (χ2n) is 5.84. The van der Waals surface area contributed by atoms with E-state index in [2.05, 4.69) is 31.7 Å². The van der Waals surface area contributed by atoms with Gasteiger partial charge in [-0.05, 0) is 48.9 Å². The molecule has 2 amide bonds. The van der Waals surface area contributed by atoms with Gasteiger partial charge in [-0.25, -0.2) is 4.68 Å². The maximum Gasteiger partial charge on any atom is 0.253 e. The summed E-state index contributed by atoms with van der Waals surface area (Å²) in [5.41, 5.74) is 1.89. The van der Waals surface area contributed by atoms with Gasteiger partial charge in [0.15, 0.2) is 0 Å². The lowest BCUT2D eigenvalue weighted by Gasteiger charge is -2.10.